The van der Waals surface area contributed by atoms with Crippen LogP contribution < -0.4 is 4.90 Å². The Balaban J connectivity index is 1.41. The molecule has 0 spiro atoms. The van der Waals surface area contributed by atoms with Gasteiger partial charge >= 0.3 is 0 Å². The van der Waals surface area contributed by atoms with E-state index in [-0.39, 0.29) is 0 Å². The third-order valence-electron chi connectivity index (χ3n) is 5.17. The van der Waals surface area contributed by atoms with Gasteiger partial charge in [-0.1, -0.05) is 41.9 Å². The molecule has 0 aliphatic carbocycles. The zero-order valence-electron chi connectivity index (χ0n) is 14.9. The lowest BCUT2D eigenvalue weighted by atomic mass is 10.2. The second kappa shape index (κ2) is 6.83. The third-order valence-corrected chi connectivity index (χ3v) is 5.38. The molecule has 27 heavy (non-hydrogen) atoms. The van der Waals surface area contributed by atoms with Crippen LogP contribution in [-0.2, 0) is 6.54 Å². The minimum Gasteiger partial charge on any atom is -0.352 e. The SMILES string of the molecule is Clc1ccc2nc(N3CCN(Cc4ccccc4)CC3)c3cccn3c2n1. The summed E-state index contributed by atoms with van der Waals surface area (Å²) in [6, 6.07) is 18.5. The second-order valence-electron chi connectivity index (χ2n) is 6.92. The summed E-state index contributed by atoms with van der Waals surface area (Å²) in [6.45, 7) is 4.99. The first-order valence-corrected chi connectivity index (χ1v) is 9.60. The van der Waals surface area contributed by atoms with Crippen LogP contribution in [0, 0.1) is 0 Å². The first-order valence-electron chi connectivity index (χ1n) is 9.22. The molecule has 0 radical (unpaired) electrons. The number of benzene rings is 1. The van der Waals surface area contributed by atoms with Gasteiger partial charge in [0.1, 0.15) is 10.7 Å². The van der Waals surface area contributed by atoms with Crippen molar-refractivity contribution in [2.45, 2.75) is 6.54 Å². The second-order valence-corrected chi connectivity index (χ2v) is 7.31. The van der Waals surface area contributed by atoms with Crippen molar-refractivity contribution in [3.05, 3.63) is 71.5 Å². The van der Waals surface area contributed by atoms with Crippen molar-refractivity contribution in [1.29, 1.82) is 0 Å². The molecule has 4 aromatic rings. The fourth-order valence-corrected chi connectivity index (χ4v) is 3.94. The highest BCUT2D eigenvalue weighted by atomic mass is 35.5. The molecule has 0 bridgehead atoms. The van der Waals surface area contributed by atoms with Gasteiger partial charge in [-0.3, -0.25) is 9.30 Å². The molecule has 0 N–H and O–H groups in total. The predicted octanol–water partition coefficient (Wildman–Crippen LogP) is 3.86. The van der Waals surface area contributed by atoms with Crippen LogP contribution >= 0.6 is 11.6 Å². The fraction of sp³-hybridized carbons (Fsp3) is 0.238. The van der Waals surface area contributed by atoms with Crippen molar-refractivity contribution in [1.82, 2.24) is 19.3 Å². The summed E-state index contributed by atoms with van der Waals surface area (Å²) < 4.78 is 2.08. The molecule has 0 amide bonds. The van der Waals surface area contributed by atoms with E-state index in [0.717, 1.165) is 55.2 Å². The van der Waals surface area contributed by atoms with Crippen molar-refractivity contribution < 1.29 is 0 Å². The van der Waals surface area contributed by atoms with Gasteiger partial charge in [0.15, 0.2) is 11.5 Å². The lowest BCUT2D eigenvalue weighted by Gasteiger charge is -2.35. The van der Waals surface area contributed by atoms with E-state index < -0.39 is 0 Å². The predicted molar refractivity (Wildman–Crippen MR) is 109 cm³/mol. The Kier molecular flexibility index (Phi) is 4.19. The van der Waals surface area contributed by atoms with E-state index in [1.165, 1.54) is 5.56 Å². The zero-order chi connectivity index (χ0) is 18.2. The first-order chi connectivity index (χ1) is 13.3. The van der Waals surface area contributed by atoms with Crippen LogP contribution in [0.4, 0.5) is 5.82 Å². The lowest BCUT2D eigenvalue weighted by molar-refractivity contribution is 0.249. The molecular formula is C21H20ClN5. The average molecular weight is 378 g/mol. The summed E-state index contributed by atoms with van der Waals surface area (Å²) in [6.07, 6.45) is 2.03. The van der Waals surface area contributed by atoms with Crippen LogP contribution in [0.25, 0.3) is 16.7 Å². The van der Waals surface area contributed by atoms with Crippen LogP contribution in [0.15, 0.2) is 60.8 Å². The fourth-order valence-electron chi connectivity index (χ4n) is 3.79. The number of fused-ring (bicyclic) bond motifs is 3. The van der Waals surface area contributed by atoms with E-state index in [9.17, 15) is 0 Å². The maximum Gasteiger partial charge on any atom is 0.165 e. The first kappa shape index (κ1) is 16.5. The third kappa shape index (κ3) is 3.13. The highest BCUT2D eigenvalue weighted by Crippen LogP contribution is 2.26. The molecular weight excluding hydrogens is 358 g/mol. The highest BCUT2D eigenvalue weighted by Gasteiger charge is 2.21. The van der Waals surface area contributed by atoms with Gasteiger partial charge in [-0.25, -0.2) is 9.97 Å². The van der Waals surface area contributed by atoms with Gasteiger partial charge in [-0.05, 0) is 29.8 Å². The van der Waals surface area contributed by atoms with E-state index in [1.807, 2.05) is 18.3 Å². The summed E-state index contributed by atoms with van der Waals surface area (Å²) in [4.78, 5) is 14.3. The molecule has 4 heterocycles. The number of pyridine rings is 1. The summed E-state index contributed by atoms with van der Waals surface area (Å²) in [5, 5.41) is 0.488. The number of hydrogen-bond donors (Lipinski definition) is 0. The molecule has 3 aromatic heterocycles. The zero-order valence-corrected chi connectivity index (χ0v) is 15.7. The molecule has 0 atom stereocenters. The smallest absolute Gasteiger partial charge is 0.165 e. The number of nitrogens with zero attached hydrogens (tertiary/aromatic N) is 5. The Hall–Kier alpha value is -2.63. The number of aromatic nitrogens is 3. The highest BCUT2D eigenvalue weighted by molar-refractivity contribution is 6.29. The van der Waals surface area contributed by atoms with Crippen LogP contribution in [-0.4, -0.2) is 45.4 Å². The Bertz CT molecular complexity index is 1080. The van der Waals surface area contributed by atoms with E-state index >= 15 is 0 Å². The van der Waals surface area contributed by atoms with Crippen LogP contribution in [0.1, 0.15) is 5.56 Å². The van der Waals surface area contributed by atoms with Crippen LogP contribution in [0.5, 0.6) is 0 Å². The van der Waals surface area contributed by atoms with Gasteiger partial charge in [-0.2, -0.15) is 0 Å². The van der Waals surface area contributed by atoms with Gasteiger partial charge in [0.05, 0.1) is 5.52 Å². The minimum atomic E-state index is 0.488. The van der Waals surface area contributed by atoms with Crippen molar-refractivity contribution in [2.24, 2.45) is 0 Å². The maximum absolute atomic E-state index is 6.09. The standard InChI is InChI=1S/C21H20ClN5/c22-19-9-8-17-20(24-19)27-10-4-7-18(27)21(23-17)26-13-11-25(12-14-26)15-16-5-2-1-3-6-16/h1-10H,11-15H2. The van der Waals surface area contributed by atoms with E-state index in [0.29, 0.717) is 5.15 Å². The Morgan fingerprint density at radius 1 is 0.852 bits per heavy atom. The molecule has 1 aromatic carbocycles. The summed E-state index contributed by atoms with van der Waals surface area (Å²) >= 11 is 6.09. The largest absolute Gasteiger partial charge is 0.352 e. The normalized spacial score (nSPS) is 15.7. The average Bonchev–Trinajstić information content (AvgIpc) is 3.19. The van der Waals surface area contributed by atoms with E-state index in [4.69, 9.17) is 16.6 Å². The monoisotopic (exact) mass is 377 g/mol. The van der Waals surface area contributed by atoms with Crippen molar-refractivity contribution in [3.63, 3.8) is 0 Å². The molecule has 6 heteroatoms. The summed E-state index contributed by atoms with van der Waals surface area (Å²) in [5.41, 5.74) is 4.11. The summed E-state index contributed by atoms with van der Waals surface area (Å²) in [7, 11) is 0. The molecule has 1 fully saturated rings. The molecule has 1 aliphatic heterocycles. The maximum atomic E-state index is 6.09. The Labute approximate surface area is 162 Å². The van der Waals surface area contributed by atoms with Crippen LogP contribution in [0.3, 0.4) is 0 Å². The molecule has 1 aliphatic rings. The van der Waals surface area contributed by atoms with Gasteiger partial charge in [0, 0.05) is 38.9 Å². The summed E-state index contributed by atoms with van der Waals surface area (Å²) in [5.74, 6) is 1.02. The molecule has 0 unspecified atom stereocenters. The molecule has 5 nitrogen and oxygen atoms in total. The molecule has 5 rings (SSSR count). The number of rotatable bonds is 3. The Morgan fingerprint density at radius 2 is 1.67 bits per heavy atom. The lowest BCUT2D eigenvalue weighted by Crippen LogP contribution is -2.46. The quantitative estimate of drug-likeness (QED) is 0.508. The molecule has 136 valence electrons. The number of hydrogen-bond acceptors (Lipinski definition) is 4. The van der Waals surface area contributed by atoms with Crippen molar-refractivity contribution in [2.75, 3.05) is 31.1 Å². The number of halogens is 1. The van der Waals surface area contributed by atoms with Crippen molar-refractivity contribution in [3.8, 4) is 0 Å². The number of anilines is 1. The Morgan fingerprint density at radius 3 is 2.48 bits per heavy atom. The van der Waals surface area contributed by atoms with Gasteiger partial charge in [-0.15, -0.1) is 0 Å². The van der Waals surface area contributed by atoms with E-state index in [1.54, 1.807) is 6.07 Å². The topological polar surface area (TPSA) is 36.7 Å². The minimum absolute atomic E-state index is 0.488. The van der Waals surface area contributed by atoms with Crippen LogP contribution in [0.2, 0.25) is 5.15 Å². The van der Waals surface area contributed by atoms with Gasteiger partial charge in [0.2, 0.25) is 0 Å². The molecule has 0 saturated carbocycles. The van der Waals surface area contributed by atoms with Crippen molar-refractivity contribution >= 4 is 34.1 Å². The molecule has 1 saturated heterocycles. The van der Waals surface area contributed by atoms with Gasteiger partial charge in [0.25, 0.3) is 0 Å². The number of piperazine rings is 1. The van der Waals surface area contributed by atoms with E-state index in [2.05, 4.69) is 55.6 Å². The van der Waals surface area contributed by atoms with Gasteiger partial charge < -0.3 is 4.90 Å².